The first kappa shape index (κ1) is 12.2. The number of anilines is 1. The third kappa shape index (κ3) is 2.61. The van der Waals surface area contributed by atoms with Gasteiger partial charge in [-0.2, -0.15) is 0 Å². The van der Waals surface area contributed by atoms with Crippen molar-refractivity contribution in [1.82, 2.24) is 4.98 Å². The molecule has 0 spiro atoms. The van der Waals surface area contributed by atoms with Crippen LogP contribution in [0.25, 0.3) is 10.8 Å². The minimum absolute atomic E-state index is 0.259. The molecule has 3 heteroatoms. The molecule has 0 aliphatic rings. The lowest BCUT2D eigenvalue weighted by atomic mass is 10.0. The van der Waals surface area contributed by atoms with Crippen molar-refractivity contribution in [3.05, 3.63) is 59.1 Å². The molecule has 1 aromatic heterocycles. The van der Waals surface area contributed by atoms with Gasteiger partial charge in [-0.15, -0.1) is 11.3 Å². The Morgan fingerprint density at radius 2 is 1.89 bits per heavy atom. The van der Waals surface area contributed by atoms with Crippen molar-refractivity contribution in [3.8, 4) is 0 Å². The van der Waals surface area contributed by atoms with E-state index in [-0.39, 0.29) is 6.04 Å². The van der Waals surface area contributed by atoms with Gasteiger partial charge >= 0.3 is 0 Å². The first-order chi connectivity index (χ1) is 9.22. The van der Waals surface area contributed by atoms with Crippen molar-refractivity contribution < 1.29 is 0 Å². The number of nitrogens with one attached hydrogen (secondary N) is 1. The van der Waals surface area contributed by atoms with Gasteiger partial charge in [0.1, 0.15) is 0 Å². The molecule has 0 radical (unpaired) electrons. The quantitative estimate of drug-likeness (QED) is 0.739. The SMILES string of the molecule is Cc1cnc(NC(C)c2ccc3ccccc3c2)s1. The van der Waals surface area contributed by atoms with Gasteiger partial charge in [0, 0.05) is 11.1 Å². The molecular weight excluding hydrogens is 252 g/mol. The van der Waals surface area contributed by atoms with Gasteiger partial charge in [-0.1, -0.05) is 36.4 Å². The van der Waals surface area contributed by atoms with E-state index >= 15 is 0 Å². The Morgan fingerprint density at radius 3 is 2.63 bits per heavy atom. The molecule has 0 aliphatic carbocycles. The van der Waals surface area contributed by atoms with Crippen molar-refractivity contribution in [1.29, 1.82) is 0 Å². The summed E-state index contributed by atoms with van der Waals surface area (Å²) in [4.78, 5) is 5.58. The zero-order chi connectivity index (χ0) is 13.2. The summed E-state index contributed by atoms with van der Waals surface area (Å²) in [5, 5.41) is 7.00. The Morgan fingerprint density at radius 1 is 1.11 bits per heavy atom. The van der Waals surface area contributed by atoms with Crippen LogP contribution in [-0.2, 0) is 0 Å². The van der Waals surface area contributed by atoms with E-state index in [0.717, 1.165) is 5.13 Å². The monoisotopic (exact) mass is 268 g/mol. The number of hydrogen-bond donors (Lipinski definition) is 1. The molecule has 0 fully saturated rings. The molecule has 2 aromatic carbocycles. The fraction of sp³-hybridized carbons (Fsp3) is 0.188. The Bertz CT molecular complexity index is 703. The lowest BCUT2D eigenvalue weighted by Gasteiger charge is -2.14. The molecule has 0 amide bonds. The Labute approximate surface area is 117 Å². The Hall–Kier alpha value is -1.87. The van der Waals surface area contributed by atoms with Crippen molar-refractivity contribution in [2.75, 3.05) is 5.32 Å². The highest BCUT2D eigenvalue weighted by molar-refractivity contribution is 7.15. The number of thiazole rings is 1. The number of aromatic nitrogens is 1. The molecule has 96 valence electrons. The van der Waals surface area contributed by atoms with Gasteiger partial charge < -0.3 is 5.32 Å². The highest BCUT2D eigenvalue weighted by Crippen LogP contribution is 2.25. The van der Waals surface area contributed by atoms with E-state index in [4.69, 9.17) is 0 Å². The molecule has 1 atom stereocenters. The van der Waals surface area contributed by atoms with Crippen LogP contribution in [0.5, 0.6) is 0 Å². The second kappa shape index (κ2) is 5.02. The fourth-order valence-corrected chi connectivity index (χ4v) is 2.92. The number of benzene rings is 2. The lowest BCUT2D eigenvalue weighted by Crippen LogP contribution is -2.05. The predicted octanol–water partition coefficient (Wildman–Crippen LogP) is 4.78. The number of fused-ring (bicyclic) bond motifs is 1. The van der Waals surface area contributed by atoms with E-state index in [1.165, 1.54) is 21.2 Å². The molecule has 3 rings (SSSR count). The summed E-state index contributed by atoms with van der Waals surface area (Å²) in [5.74, 6) is 0. The van der Waals surface area contributed by atoms with Crippen LogP contribution in [0.2, 0.25) is 0 Å². The summed E-state index contributed by atoms with van der Waals surface area (Å²) in [6.07, 6.45) is 1.90. The van der Waals surface area contributed by atoms with Crippen molar-refractivity contribution in [2.24, 2.45) is 0 Å². The van der Waals surface area contributed by atoms with Crippen molar-refractivity contribution >= 4 is 27.2 Å². The summed E-state index contributed by atoms with van der Waals surface area (Å²) < 4.78 is 0. The van der Waals surface area contributed by atoms with Crippen molar-refractivity contribution in [2.45, 2.75) is 19.9 Å². The van der Waals surface area contributed by atoms with Crippen LogP contribution in [0.3, 0.4) is 0 Å². The molecule has 0 saturated carbocycles. The molecule has 19 heavy (non-hydrogen) atoms. The molecule has 0 aliphatic heterocycles. The summed E-state index contributed by atoms with van der Waals surface area (Å²) >= 11 is 1.69. The van der Waals surface area contributed by atoms with Gasteiger partial charge in [0.25, 0.3) is 0 Å². The molecule has 1 heterocycles. The summed E-state index contributed by atoms with van der Waals surface area (Å²) in [5.41, 5.74) is 1.28. The Kier molecular flexibility index (Phi) is 3.22. The van der Waals surface area contributed by atoms with E-state index in [0.29, 0.717) is 0 Å². The molecule has 3 aromatic rings. The third-order valence-electron chi connectivity index (χ3n) is 3.23. The highest BCUT2D eigenvalue weighted by Gasteiger charge is 2.08. The molecular formula is C16H16N2S. The van der Waals surface area contributed by atoms with Crippen LogP contribution in [-0.4, -0.2) is 4.98 Å². The normalized spacial score (nSPS) is 12.5. The summed E-state index contributed by atoms with van der Waals surface area (Å²) in [7, 11) is 0. The Balaban J connectivity index is 1.86. The molecule has 1 N–H and O–H groups in total. The van der Waals surface area contributed by atoms with Crippen LogP contribution in [0.15, 0.2) is 48.7 Å². The van der Waals surface area contributed by atoms with Crippen LogP contribution < -0.4 is 5.32 Å². The smallest absolute Gasteiger partial charge is 0.183 e. The minimum atomic E-state index is 0.259. The van der Waals surface area contributed by atoms with E-state index in [1.54, 1.807) is 11.3 Å². The van der Waals surface area contributed by atoms with Crippen molar-refractivity contribution in [3.63, 3.8) is 0 Å². The average molecular weight is 268 g/mol. The van der Waals surface area contributed by atoms with E-state index < -0.39 is 0 Å². The van der Waals surface area contributed by atoms with Crippen LogP contribution in [0.1, 0.15) is 23.4 Å². The molecule has 0 saturated heterocycles. The topological polar surface area (TPSA) is 24.9 Å². The highest BCUT2D eigenvalue weighted by atomic mass is 32.1. The lowest BCUT2D eigenvalue weighted by molar-refractivity contribution is 0.884. The van der Waals surface area contributed by atoms with Gasteiger partial charge in [-0.25, -0.2) is 4.98 Å². The van der Waals surface area contributed by atoms with Crippen LogP contribution in [0.4, 0.5) is 5.13 Å². The first-order valence-corrected chi connectivity index (χ1v) is 7.22. The largest absolute Gasteiger partial charge is 0.355 e. The second-order valence-electron chi connectivity index (χ2n) is 4.75. The standard InChI is InChI=1S/C16H16N2S/c1-11-10-17-16(19-11)18-12(2)14-8-7-13-5-3-4-6-15(13)9-14/h3-10,12H,1-2H3,(H,17,18). The summed E-state index contributed by atoms with van der Waals surface area (Å²) in [6.45, 7) is 4.24. The van der Waals surface area contributed by atoms with Gasteiger partial charge in [-0.05, 0) is 36.2 Å². The summed E-state index contributed by atoms with van der Waals surface area (Å²) in [6, 6.07) is 15.3. The maximum Gasteiger partial charge on any atom is 0.183 e. The second-order valence-corrected chi connectivity index (χ2v) is 5.98. The van der Waals surface area contributed by atoms with Gasteiger partial charge in [-0.3, -0.25) is 0 Å². The maximum absolute atomic E-state index is 4.35. The zero-order valence-electron chi connectivity index (χ0n) is 11.1. The van der Waals surface area contributed by atoms with E-state index in [1.807, 2.05) is 6.20 Å². The number of aryl methyl sites for hydroxylation is 1. The number of hydrogen-bond acceptors (Lipinski definition) is 3. The maximum atomic E-state index is 4.35. The number of nitrogens with zero attached hydrogens (tertiary/aromatic N) is 1. The molecule has 0 bridgehead atoms. The first-order valence-electron chi connectivity index (χ1n) is 6.40. The van der Waals surface area contributed by atoms with Gasteiger partial charge in [0.05, 0.1) is 6.04 Å². The van der Waals surface area contributed by atoms with Gasteiger partial charge in [0.2, 0.25) is 0 Å². The average Bonchev–Trinajstić information content (AvgIpc) is 2.83. The van der Waals surface area contributed by atoms with E-state index in [2.05, 4.69) is 66.6 Å². The zero-order valence-corrected chi connectivity index (χ0v) is 11.9. The van der Waals surface area contributed by atoms with Crippen LogP contribution >= 0.6 is 11.3 Å². The number of rotatable bonds is 3. The molecule has 2 nitrogen and oxygen atoms in total. The van der Waals surface area contributed by atoms with Gasteiger partial charge in [0.15, 0.2) is 5.13 Å². The van der Waals surface area contributed by atoms with Crippen LogP contribution in [0, 0.1) is 6.92 Å². The third-order valence-corrected chi connectivity index (χ3v) is 4.08. The fourth-order valence-electron chi connectivity index (χ4n) is 2.17. The minimum Gasteiger partial charge on any atom is -0.355 e. The predicted molar refractivity (Wildman–Crippen MR) is 82.8 cm³/mol. The molecule has 1 unspecified atom stereocenters. The van der Waals surface area contributed by atoms with E-state index in [9.17, 15) is 0 Å².